The first-order valence-corrected chi connectivity index (χ1v) is 19.1. The van der Waals surface area contributed by atoms with E-state index in [1.807, 2.05) is 13.8 Å². The molecule has 3 aliphatic heterocycles. The molecule has 1 saturated carbocycles. The van der Waals surface area contributed by atoms with E-state index >= 15 is 0 Å². The number of likely N-dealkylation sites (N-methyl/N-ethyl adjacent to an activating group) is 1. The molecule has 12 nitrogen and oxygen atoms in total. The number of carbonyl (C=O) groups excluding carboxylic acids is 2. The molecule has 3 atom stereocenters. The summed E-state index contributed by atoms with van der Waals surface area (Å²) in [6.45, 7) is 8.69. The third kappa shape index (κ3) is 6.44. The van der Waals surface area contributed by atoms with Crippen LogP contribution >= 0.6 is 0 Å². The lowest BCUT2D eigenvalue weighted by atomic mass is 9.82. The average molecular weight is 706 g/mol. The third-order valence-corrected chi connectivity index (χ3v) is 12.9. The number of fused-ring (bicyclic) bond motifs is 4. The molecule has 4 heterocycles. The van der Waals surface area contributed by atoms with Gasteiger partial charge in [0.2, 0.25) is 0 Å². The third-order valence-electron chi connectivity index (χ3n) is 11.4. The highest BCUT2D eigenvalue weighted by molar-refractivity contribution is 7.87. The van der Waals surface area contributed by atoms with Crippen molar-refractivity contribution in [3.8, 4) is 0 Å². The van der Waals surface area contributed by atoms with E-state index in [1.165, 1.54) is 28.6 Å². The van der Waals surface area contributed by atoms with Crippen molar-refractivity contribution in [2.24, 2.45) is 11.8 Å². The largest absolute Gasteiger partial charge is 0.422 e. The van der Waals surface area contributed by atoms with E-state index in [2.05, 4.69) is 27.6 Å². The summed E-state index contributed by atoms with van der Waals surface area (Å²) in [6, 6.07) is 8.42. The molecule has 3 fully saturated rings. The summed E-state index contributed by atoms with van der Waals surface area (Å²) in [5.74, 6) is -0.295. The minimum Gasteiger partial charge on any atom is -0.422 e. The van der Waals surface area contributed by atoms with Gasteiger partial charge in [-0.05, 0) is 93.5 Å². The SMILES string of the molecule is COC[C@H]1CN(c2cc(C)c3c4c(c(=O)oc3c2C)CN(C(=O)c2ccc(C(=O)NS(=O)(=O)N3CC5CCCCC5C3)cc2)CC4)CCN1C. The molecule has 2 unspecified atom stereocenters. The topological polar surface area (TPSA) is 133 Å². The summed E-state index contributed by atoms with van der Waals surface area (Å²) in [7, 11) is -0.134. The highest BCUT2D eigenvalue weighted by Crippen LogP contribution is 2.38. The molecule has 7 rings (SSSR count). The lowest BCUT2D eigenvalue weighted by Crippen LogP contribution is -2.53. The number of methoxy groups -OCH3 is 1. The zero-order valence-corrected chi connectivity index (χ0v) is 30.2. The van der Waals surface area contributed by atoms with Crippen LogP contribution in [0.15, 0.2) is 39.5 Å². The number of hydrogen-bond donors (Lipinski definition) is 1. The van der Waals surface area contributed by atoms with Crippen LogP contribution in [0, 0.1) is 25.7 Å². The number of ether oxygens (including phenoxy) is 1. The molecular formula is C37H47N5O7S. The molecule has 2 amide bonds. The molecule has 3 aromatic rings. The maximum absolute atomic E-state index is 13.6. The van der Waals surface area contributed by atoms with Gasteiger partial charge in [-0.25, -0.2) is 9.52 Å². The Morgan fingerprint density at radius 3 is 2.32 bits per heavy atom. The lowest BCUT2D eigenvalue weighted by Gasteiger charge is -2.41. The fourth-order valence-corrected chi connectivity index (χ4v) is 9.79. The van der Waals surface area contributed by atoms with Crippen LogP contribution in [0.1, 0.15) is 68.7 Å². The van der Waals surface area contributed by atoms with Gasteiger partial charge in [0.15, 0.2) is 0 Å². The summed E-state index contributed by atoms with van der Waals surface area (Å²) in [6.07, 6.45) is 4.79. The van der Waals surface area contributed by atoms with Crippen molar-refractivity contribution < 1.29 is 27.2 Å². The van der Waals surface area contributed by atoms with Crippen molar-refractivity contribution in [1.82, 2.24) is 18.8 Å². The Morgan fingerprint density at radius 2 is 1.64 bits per heavy atom. The summed E-state index contributed by atoms with van der Waals surface area (Å²) in [5.41, 5.74) is 5.08. The van der Waals surface area contributed by atoms with Crippen LogP contribution < -0.4 is 15.2 Å². The Morgan fingerprint density at radius 1 is 0.960 bits per heavy atom. The number of nitrogens with one attached hydrogen (secondary N) is 1. The van der Waals surface area contributed by atoms with E-state index in [-0.39, 0.29) is 24.1 Å². The van der Waals surface area contributed by atoms with Crippen molar-refractivity contribution >= 4 is 38.7 Å². The van der Waals surface area contributed by atoms with Gasteiger partial charge in [0.1, 0.15) is 5.58 Å². The quantitative estimate of drug-likeness (QED) is 0.367. The van der Waals surface area contributed by atoms with Crippen LogP contribution in [-0.2, 0) is 27.9 Å². The predicted molar refractivity (Wildman–Crippen MR) is 191 cm³/mol. The number of hydrogen-bond acceptors (Lipinski definition) is 9. The maximum atomic E-state index is 13.6. The lowest BCUT2D eigenvalue weighted by molar-refractivity contribution is 0.0732. The minimum absolute atomic E-state index is 0.113. The second kappa shape index (κ2) is 13.7. The summed E-state index contributed by atoms with van der Waals surface area (Å²) in [4.78, 5) is 46.3. The van der Waals surface area contributed by atoms with Crippen molar-refractivity contribution in [2.45, 2.75) is 58.5 Å². The number of carbonyl (C=O) groups is 2. The normalized spacial score (nSPS) is 23.2. The van der Waals surface area contributed by atoms with E-state index in [0.717, 1.165) is 73.1 Å². The molecular weight excluding hydrogens is 659 g/mol. The number of benzene rings is 2. The molecule has 50 heavy (non-hydrogen) atoms. The first kappa shape index (κ1) is 34.7. The van der Waals surface area contributed by atoms with Crippen molar-refractivity contribution in [3.05, 3.63) is 74.1 Å². The smallest absolute Gasteiger partial charge is 0.341 e. The zero-order chi connectivity index (χ0) is 35.3. The van der Waals surface area contributed by atoms with Gasteiger partial charge in [-0.1, -0.05) is 12.8 Å². The molecule has 1 aromatic heterocycles. The van der Waals surface area contributed by atoms with Crippen molar-refractivity contribution in [2.75, 3.05) is 64.9 Å². The van der Waals surface area contributed by atoms with E-state index < -0.39 is 21.7 Å². The number of rotatable bonds is 7. The van der Waals surface area contributed by atoms with Gasteiger partial charge in [0, 0.05) is 74.1 Å². The fourth-order valence-electron chi connectivity index (χ4n) is 8.54. The second-order valence-corrected chi connectivity index (χ2v) is 16.2. The Bertz CT molecular complexity index is 1960. The maximum Gasteiger partial charge on any atom is 0.341 e. The molecule has 2 saturated heterocycles. The number of nitrogens with zero attached hydrogens (tertiary/aromatic N) is 4. The molecule has 2 aromatic carbocycles. The van der Waals surface area contributed by atoms with E-state index in [0.29, 0.717) is 61.2 Å². The Labute approximate surface area is 293 Å². The van der Waals surface area contributed by atoms with E-state index in [1.54, 1.807) is 12.0 Å². The standard InChI is InChI=1S/C37H47N5O7S/c1-23-17-32(40-16-15-39(3)29(20-40)22-48-4)24(2)34-33(23)30-13-14-41(21-31(30)37(45)49-34)36(44)26-11-9-25(10-12-26)35(43)38-50(46,47)42-18-27-7-5-6-8-28(27)19-42/h9-12,17,27-29H,5-8,13-16,18-22H2,1-4H3,(H,38,43)/t27?,28?,29-/m1/s1. The van der Waals surface area contributed by atoms with Crippen LogP contribution in [-0.4, -0.2) is 100 Å². The molecule has 1 N–H and O–H groups in total. The van der Waals surface area contributed by atoms with Crippen LogP contribution in [0.5, 0.6) is 0 Å². The molecule has 0 radical (unpaired) electrons. The molecule has 4 aliphatic rings. The Kier molecular flexibility index (Phi) is 9.52. The van der Waals surface area contributed by atoms with Crippen LogP contribution in [0.25, 0.3) is 11.0 Å². The fraction of sp³-hybridized carbons (Fsp3) is 0.541. The first-order valence-electron chi connectivity index (χ1n) is 17.7. The Hall–Kier alpha value is -3.78. The van der Waals surface area contributed by atoms with E-state index in [4.69, 9.17) is 9.15 Å². The number of anilines is 1. The van der Waals surface area contributed by atoms with Gasteiger partial charge < -0.3 is 19.0 Å². The summed E-state index contributed by atoms with van der Waals surface area (Å²) in [5, 5.41) is 0.938. The molecule has 268 valence electrons. The average Bonchev–Trinajstić information content (AvgIpc) is 3.56. The molecule has 0 bridgehead atoms. The summed E-state index contributed by atoms with van der Waals surface area (Å²) >= 11 is 0. The Balaban J connectivity index is 1.05. The van der Waals surface area contributed by atoms with Crippen LogP contribution in [0.4, 0.5) is 5.69 Å². The molecule has 1 aliphatic carbocycles. The van der Waals surface area contributed by atoms with Gasteiger partial charge in [-0.3, -0.25) is 14.5 Å². The van der Waals surface area contributed by atoms with Gasteiger partial charge >= 0.3 is 15.8 Å². The van der Waals surface area contributed by atoms with Crippen LogP contribution in [0.2, 0.25) is 0 Å². The highest BCUT2D eigenvalue weighted by atomic mass is 32.2. The van der Waals surface area contributed by atoms with Gasteiger partial charge in [0.25, 0.3) is 11.8 Å². The summed E-state index contributed by atoms with van der Waals surface area (Å²) < 4.78 is 41.1. The number of piperazine rings is 1. The van der Waals surface area contributed by atoms with Gasteiger partial charge in [0.05, 0.1) is 24.8 Å². The van der Waals surface area contributed by atoms with Crippen LogP contribution in [0.3, 0.4) is 0 Å². The highest BCUT2D eigenvalue weighted by Gasteiger charge is 2.40. The number of aryl methyl sites for hydroxylation is 2. The predicted octanol–water partition coefficient (Wildman–Crippen LogP) is 3.47. The monoisotopic (exact) mass is 705 g/mol. The zero-order valence-electron chi connectivity index (χ0n) is 29.4. The van der Waals surface area contributed by atoms with Crippen molar-refractivity contribution in [3.63, 3.8) is 0 Å². The van der Waals surface area contributed by atoms with Gasteiger partial charge in [-0.2, -0.15) is 12.7 Å². The second-order valence-electron chi connectivity index (χ2n) is 14.5. The minimum atomic E-state index is -3.97. The van der Waals surface area contributed by atoms with Gasteiger partial charge in [-0.15, -0.1) is 0 Å². The van der Waals surface area contributed by atoms with Crippen molar-refractivity contribution in [1.29, 1.82) is 0 Å². The van der Waals surface area contributed by atoms with E-state index in [9.17, 15) is 22.8 Å². The number of amides is 2. The first-order chi connectivity index (χ1) is 23.9. The molecule has 0 spiro atoms. The molecule has 13 heteroatoms.